The maximum atomic E-state index is 14.2. The first-order chi connectivity index (χ1) is 19.6. The van der Waals surface area contributed by atoms with Crippen LogP contribution in [0.2, 0.25) is 5.02 Å². The van der Waals surface area contributed by atoms with Gasteiger partial charge in [0.25, 0.3) is 0 Å². The van der Waals surface area contributed by atoms with Crippen molar-refractivity contribution in [3.8, 4) is 0 Å². The number of rotatable bonds is 11. The highest BCUT2D eigenvalue weighted by molar-refractivity contribution is 7.92. The van der Waals surface area contributed by atoms with Crippen molar-refractivity contribution in [2.24, 2.45) is 0 Å². The summed E-state index contributed by atoms with van der Waals surface area (Å²) < 4.78 is 26.9. The molecule has 7 nitrogen and oxygen atoms in total. The van der Waals surface area contributed by atoms with Crippen molar-refractivity contribution in [2.75, 3.05) is 17.1 Å². The maximum absolute atomic E-state index is 14.2. The number of halogens is 1. The van der Waals surface area contributed by atoms with Crippen LogP contribution in [0.3, 0.4) is 0 Å². The minimum atomic E-state index is -3.81. The van der Waals surface area contributed by atoms with Gasteiger partial charge in [0.2, 0.25) is 21.8 Å². The van der Waals surface area contributed by atoms with Crippen LogP contribution in [-0.4, -0.2) is 50.0 Å². The van der Waals surface area contributed by atoms with E-state index in [1.54, 1.807) is 36.4 Å². The van der Waals surface area contributed by atoms with Crippen LogP contribution < -0.4 is 9.62 Å². The van der Waals surface area contributed by atoms with Crippen molar-refractivity contribution < 1.29 is 18.0 Å². The van der Waals surface area contributed by atoms with E-state index in [1.807, 2.05) is 49.4 Å². The Labute approximate surface area is 248 Å². The lowest BCUT2D eigenvalue weighted by Crippen LogP contribution is -2.55. The first-order valence-electron chi connectivity index (χ1n) is 14.0. The number of carbonyl (C=O) groups is 2. The van der Waals surface area contributed by atoms with Gasteiger partial charge in [-0.25, -0.2) is 8.42 Å². The van der Waals surface area contributed by atoms with Gasteiger partial charge >= 0.3 is 0 Å². The predicted octanol–water partition coefficient (Wildman–Crippen LogP) is 5.50. The number of sulfonamides is 1. The number of hydrogen-bond donors (Lipinski definition) is 1. The molecule has 0 heterocycles. The van der Waals surface area contributed by atoms with Crippen molar-refractivity contribution in [3.63, 3.8) is 0 Å². The van der Waals surface area contributed by atoms with Gasteiger partial charge in [-0.05, 0) is 60.7 Å². The molecule has 3 aromatic carbocycles. The molecule has 1 unspecified atom stereocenters. The third-order valence-electron chi connectivity index (χ3n) is 7.43. The molecule has 0 saturated heterocycles. The second-order valence-corrected chi connectivity index (χ2v) is 13.2. The molecule has 0 radical (unpaired) electrons. The maximum Gasteiger partial charge on any atom is 0.244 e. The summed E-state index contributed by atoms with van der Waals surface area (Å²) in [5, 5.41) is 3.72. The fraction of sp³-hybridized carbons (Fsp3) is 0.375. The molecule has 218 valence electrons. The zero-order valence-electron chi connectivity index (χ0n) is 23.6. The van der Waals surface area contributed by atoms with E-state index in [4.69, 9.17) is 11.6 Å². The Bertz CT molecular complexity index is 1440. The Balaban J connectivity index is 1.72. The Morgan fingerprint density at radius 1 is 0.927 bits per heavy atom. The molecule has 1 N–H and O–H groups in total. The van der Waals surface area contributed by atoms with Gasteiger partial charge in [-0.15, -0.1) is 0 Å². The SMILES string of the molecule is Cc1cccc(N(CC(=O)N(Cc2cccc(Cl)c2)C(Cc2ccccc2)C(=O)NC2CCCCC2)S(C)(=O)=O)c1. The van der Waals surface area contributed by atoms with Gasteiger partial charge in [-0.2, -0.15) is 0 Å². The summed E-state index contributed by atoms with van der Waals surface area (Å²) in [6, 6.07) is 22.9. The van der Waals surface area contributed by atoms with Crippen LogP contribution in [0, 0.1) is 6.92 Å². The minimum Gasteiger partial charge on any atom is -0.352 e. The van der Waals surface area contributed by atoms with Crippen molar-refractivity contribution >= 4 is 39.1 Å². The third kappa shape index (κ3) is 8.81. The minimum absolute atomic E-state index is 0.0532. The molecular formula is C32H38ClN3O4S. The average molecular weight is 596 g/mol. The molecule has 1 aliphatic rings. The molecule has 41 heavy (non-hydrogen) atoms. The largest absolute Gasteiger partial charge is 0.352 e. The van der Waals surface area contributed by atoms with Crippen LogP contribution in [-0.2, 0) is 32.6 Å². The van der Waals surface area contributed by atoms with Crippen molar-refractivity contribution in [2.45, 2.75) is 64.1 Å². The first-order valence-corrected chi connectivity index (χ1v) is 16.3. The first kappa shape index (κ1) is 30.6. The number of amides is 2. The number of carbonyl (C=O) groups excluding carboxylic acids is 2. The summed E-state index contributed by atoms with van der Waals surface area (Å²) in [4.78, 5) is 29.6. The Morgan fingerprint density at radius 2 is 1.61 bits per heavy atom. The highest BCUT2D eigenvalue weighted by Gasteiger charge is 2.34. The summed E-state index contributed by atoms with van der Waals surface area (Å²) in [7, 11) is -3.81. The summed E-state index contributed by atoms with van der Waals surface area (Å²) in [6.07, 6.45) is 6.44. The van der Waals surface area contributed by atoms with Gasteiger partial charge in [0.1, 0.15) is 12.6 Å². The number of benzene rings is 3. The molecule has 0 spiro atoms. The lowest BCUT2D eigenvalue weighted by molar-refractivity contribution is -0.140. The molecule has 0 bridgehead atoms. The van der Waals surface area contributed by atoms with Gasteiger partial charge in [0.15, 0.2) is 0 Å². The van der Waals surface area contributed by atoms with Gasteiger partial charge in [-0.3, -0.25) is 13.9 Å². The van der Waals surface area contributed by atoms with Crippen molar-refractivity contribution in [1.82, 2.24) is 10.2 Å². The Morgan fingerprint density at radius 3 is 2.27 bits per heavy atom. The molecule has 1 aliphatic carbocycles. The lowest BCUT2D eigenvalue weighted by atomic mass is 9.94. The fourth-order valence-electron chi connectivity index (χ4n) is 5.33. The van der Waals surface area contributed by atoms with Crippen LogP contribution in [0.4, 0.5) is 5.69 Å². The van der Waals surface area contributed by atoms with Crippen LogP contribution in [0.15, 0.2) is 78.9 Å². The zero-order valence-corrected chi connectivity index (χ0v) is 25.2. The average Bonchev–Trinajstić information content (AvgIpc) is 2.94. The second kappa shape index (κ2) is 14.0. The van der Waals surface area contributed by atoms with E-state index >= 15 is 0 Å². The van der Waals surface area contributed by atoms with Crippen LogP contribution in [0.1, 0.15) is 48.8 Å². The summed E-state index contributed by atoms with van der Waals surface area (Å²) in [5.74, 6) is -0.714. The van der Waals surface area contributed by atoms with Gasteiger partial charge in [-0.1, -0.05) is 85.5 Å². The van der Waals surface area contributed by atoms with E-state index in [0.29, 0.717) is 10.7 Å². The van der Waals surface area contributed by atoms with Crippen LogP contribution >= 0.6 is 11.6 Å². The monoisotopic (exact) mass is 595 g/mol. The zero-order chi connectivity index (χ0) is 29.4. The van der Waals surface area contributed by atoms with Crippen molar-refractivity contribution in [1.29, 1.82) is 0 Å². The Kier molecular flexibility index (Phi) is 10.5. The molecule has 2 amide bonds. The van der Waals surface area contributed by atoms with E-state index in [1.165, 1.54) is 4.90 Å². The number of nitrogens with zero attached hydrogens (tertiary/aromatic N) is 2. The second-order valence-electron chi connectivity index (χ2n) is 10.8. The molecule has 4 rings (SSSR count). The molecule has 0 aromatic heterocycles. The van der Waals surface area contributed by atoms with Gasteiger partial charge in [0, 0.05) is 24.0 Å². The standard InChI is InChI=1S/C32H38ClN3O4S/c1-24-11-9-18-29(19-24)36(41(2,39)40)23-31(37)35(22-26-14-10-15-27(33)20-26)30(21-25-12-5-3-6-13-25)32(38)34-28-16-7-4-8-17-28/h3,5-6,9-15,18-20,28,30H,4,7-8,16-17,21-23H2,1-2H3,(H,34,38). The number of hydrogen-bond acceptors (Lipinski definition) is 4. The molecule has 9 heteroatoms. The highest BCUT2D eigenvalue weighted by atomic mass is 35.5. The topological polar surface area (TPSA) is 86.8 Å². The molecule has 0 aliphatic heterocycles. The number of nitrogens with one attached hydrogen (secondary N) is 1. The third-order valence-corrected chi connectivity index (χ3v) is 8.81. The van der Waals surface area contributed by atoms with E-state index in [-0.39, 0.29) is 24.9 Å². The van der Waals surface area contributed by atoms with Crippen LogP contribution in [0.25, 0.3) is 0 Å². The molecular weight excluding hydrogens is 558 g/mol. The molecule has 1 atom stereocenters. The van der Waals surface area contributed by atoms with Gasteiger partial charge in [0.05, 0.1) is 11.9 Å². The number of anilines is 1. The molecule has 3 aromatic rings. The predicted molar refractivity (Wildman–Crippen MR) is 164 cm³/mol. The van der Waals surface area contributed by atoms with Gasteiger partial charge < -0.3 is 10.2 Å². The van der Waals surface area contributed by atoms with E-state index in [9.17, 15) is 18.0 Å². The quantitative estimate of drug-likeness (QED) is 0.317. The molecule has 1 fully saturated rings. The normalized spacial score (nSPS) is 14.7. The summed E-state index contributed by atoms with van der Waals surface area (Å²) >= 11 is 6.28. The van der Waals surface area contributed by atoms with E-state index < -0.39 is 28.5 Å². The van der Waals surface area contributed by atoms with Crippen LogP contribution in [0.5, 0.6) is 0 Å². The molecule has 1 saturated carbocycles. The van der Waals surface area contributed by atoms with E-state index in [2.05, 4.69) is 5.32 Å². The lowest BCUT2D eigenvalue weighted by Gasteiger charge is -2.35. The van der Waals surface area contributed by atoms with E-state index in [0.717, 1.165) is 59.4 Å². The summed E-state index contributed by atoms with van der Waals surface area (Å²) in [6.45, 7) is 1.52. The highest BCUT2D eigenvalue weighted by Crippen LogP contribution is 2.23. The van der Waals surface area contributed by atoms with Crippen molar-refractivity contribution in [3.05, 3.63) is 101 Å². The Hall–Kier alpha value is -3.36. The fourth-order valence-corrected chi connectivity index (χ4v) is 6.38. The number of aryl methyl sites for hydroxylation is 1. The summed E-state index contributed by atoms with van der Waals surface area (Å²) in [5.41, 5.74) is 2.91. The smallest absolute Gasteiger partial charge is 0.244 e.